The van der Waals surface area contributed by atoms with Gasteiger partial charge >= 0.3 is 0 Å². The van der Waals surface area contributed by atoms with E-state index in [2.05, 4.69) is 5.32 Å². The standard InChI is InChI=1S/C12H17FN2/c13-11-6-5-9(8-14)7-12(11)15-10-3-1-2-4-10/h5-7,10,15H,1-4,8,14H2. The fraction of sp³-hybridized carbons (Fsp3) is 0.500. The van der Waals surface area contributed by atoms with Crippen molar-refractivity contribution in [1.29, 1.82) is 0 Å². The van der Waals surface area contributed by atoms with E-state index in [4.69, 9.17) is 5.73 Å². The molecule has 1 aliphatic rings. The van der Waals surface area contributed by atoms with Crippen LogP contribution in [0.2, 0.25) is 0 Å². The van der Waals surface area contributed by atoms with Crippen molar-refractivity contribution in [2.45, 2.75) is 38.3 Å². The smallest absolute Gasteiger partial charge is 0.146 e. The molecule has 1 aromatic rings. The van der Waals surface area contributed by atoms with E-state index in [1.807, 2.05) is 6.07 Å². The Morgan fingerprint density at radius 2 is 2.07 bits per heavy atom. The summed E-state index contributed by atoms with van der Waals surface area (Å²) in [7, 11) is 0. The molecule has 15 heavy (non-hydrogen) atoms. The van der Waals surface area contributed by atoms with Gasteiger partial charge in [-0.1, -0.05) is 18.9 Å². The van der Waals surface area contributed by atoms with Crippen LogP contribution in [0, 0.1) is 5.82 Å². The molecule has 0 amide bonds. The molecule has 0 aromatic heterocycles. The monoisotopic (exact) mass is 208 g/mol. The molecule has 0 heterocycles. The van der Waals surface area contributed by atoms with Crippen LogP contribution in [0.25, 0.3) is 0 Å². The van der Waals surface area contributed by atoms with Crippen LogP contribution in [0.15, 0.2) is 18.2 Å². The van der Waals surface area contributed by atoms with Gasteiger partial charge in [-0.25, -0.2) is 4.39 Å². The number of benzene rings is 1. The maximum atomic E-state index is 13.5. The Hall–Kier alpha value is -1.09. The van der Waals surface area contributed by atoms with Crippen molar-refractivity contribution < 1.29 is 4.39 Å². The van der Waals surface area contributed by atoms with Crippen molar-refractivity contribution in [3.8, 4) is 0 Å². The van der Waals surface area contributed by atoms with Crippen LogP contribution in [0.5, 0.6) is 0 Å². The minimum Gasteiger partial charge on any atom is -0.380 e. The third-order valence-electron chi connectivity index (χ3n) is 2.98. The lowest BCUT2D eigenvalue weighted by Crippen LogP contribution is -2.15. The summed E-state index contributed by atoms with van der Waals surface area (Å²) in [6, 6.07) is 5.47. The SMILES string of the molecule is NCc1ccc(F)c(NC2CCCC2)c1. The normalized spacial score (nSPS) is 16.9. The molecule has 3 N–H and O–H groups in total. The fourth-order valence-corrected chi connectivity index (χ4v) is 2.10. The van der Waals surface area contributed by atoms with Crippen LogP contribution < -0.4 is 11.1 Å². The quantitative estimate of drug-likeness (QED) is 0.801. The second-order valence-electron chi connectivity index (χ2n) is 4.14. The van der Waals surface area contributed by atoms with Gasteiger partial charge < -0.3 is 11.1 Å². The average molecular weight is 208 g/mol. The van der Waals surface area contributed by atoms with Crippen LogP contribution in [0.3, 0.4) is 0 Å². The summed E-state index contributed by atoms with van der Waals surface area (Å²) >= 11 is 0. The van der Waals surface area contributed by atoms with Gasteiger partial charge in [0.15, 0.2) is 0 Å². The Bertz CT molecular complexity index is 332. The van der Waals surface area contributed by atoms with Gasteiger partial charge in [-0.05, 0) is 30.5 Å². The molecule has 2 nitrogen and oxygen atoms in total. The van der Waals surface area contributed by atoms with Crippen molar-refractivity contribution in [3.05, 3.63) is 29.6 Å². The molecule has 2 rings (SSSR count). The second kappa shape index (κ2) is 4.62. The van der Waals surface area contributed by atoms with Crippen molar-refractivity contribution in [3.63, 3.8) is 0 Å². The number of nitrogens with two attached hydrogens (primary N) is 1. The highest BCUT2D eigenvalue weighted by Crippen LogP contribution is 2.24. The molecule has 1 aliphatic carbocycles. The van der Waals surface area contributed by atoms with E-state index >= 15 is 0 Å². The molecule has 1 aromatic carbocycles. The molecule has 0 spiro atoms. The van der Waals surface area contributed by atoms with E-state index < -0.39 is 0 Å². The average Bonchev–Trinajstić information content (AvgIpc) is 2.74. The van der Waals surface area contributed by atoms with Crippen LogP contribution in [0.4, 0.5) is 10.1 Å². The molecular formula is C12H17FN2. The molecule has 1 fully saturated rings. The molecule has 82 valence electrons. The first kappa shape index (κ1) is 10.4. The lowest BCUT2D eigenvalue weighted by molar-refractivity contribution is 0.623. The maximum Gasteiger partial charge on any atom is 0.146 e. The number of hydrogen-bond acceptors (Lipinski definition) is 2. The van der Waals surface area contributed by atoms with E-state index in [-0.39, 0.29) is 5.82 Å². The minimum absolute atomic E-state index is 0.181. The van der Waals surface area contributed by atoms with Crippen molar-refractivity contribution >= 4 is 5.69 Å². The Morgan fingerprint density at radius 3 is 2.73 bits per heavy atom. The molecule has 0 radical (unpaired) electrons. The predicted octanol–water partition coefficient (Wildman–Crippen LogP) is 2.64. The topological polar surface area (TPSA) is 38.0 Å². The van der Waals surface area contributed by atoms with Gasteiger partial charge in [0, 0.05) is 12.6 Å². The maximum absolute atomic E-state index is 13.5. The third kappa shape index (κ3) is 2.48. The number of nitrogens with one attached hydrogen (secondary N) is 1. The molecule has 0 saturated heterocycles. The summed E-state index contributed by atoms with van der Waals surface area (Å²) in [5, 5.41) is 3.25. The zero-order valence-electron chi connectivity index (χ0n) is 8.80. The van der Waals surface area contributed by atoms with Gasteiger partial charge in [-0.15, -0.1) is 0 Å². The Morgan fingerprint density at radius 1 is 1.33 bits per heavy atom. The summed E-state index contributed by atoms with van der Waals surface area (Å²) in [5.41, 5.74) is 7.10. The first-order valence-corrected chi connectivity index (χ1v) is 5.54. The van der Waals surface area contributed by atoms with Crippen LogP contribution >= 0.6 is 0 Å². The summed E-state index contributed by atoms with van der Waals surface area (Å²) in [6.45, 7) is 0.458. The van der Waals surface area contributed by atoms with E-state index in [1.165, 1.54) is 18.9 Å². The Balaban J connectivity index is 2.11. The first-order valence-electron chi connectivity index (χ1n) is 5.54. The zero-order chi connectivity index (χ0) is 10.7. The molecule has 0 aliphatic heterocycles. The van der Waals surface area contributed by atoms with E-state index in [1.54, 1.807) is 6.07 Å². The second-order valence-corrected chi connectivity index (χ2v) is 4.14. The number of rotatable bonds is 3. The Labute approximate surface area is 89.7 Å². The highest BCUT2D eigenvalue weighted by Gasteiger charge is 2.15. The largest absolute Gasteiger partial charge is 0.380 e. The van der Waals surface area contributed by atoms with Gasteiger partial charge in [-0.2, -0.15) is 0 Å². The lowest BCUT2D eigenvalue weighted by atomic mass is 10.1. The molecule has 1 saturated carbocycles. The summed E-state index contributed by atoms with van der Waals surface area (Å²) in [5.74, 6) is -0.181. The molecule has 0 atom stereocenters. The van der Waals surface area contributed by atoms with Crippen molar-refractivity contribution in [2.24, 2.45) is 5.73 Å². The minimum atomic E-state index is -0.181. The van der Waals surface area contributed by atoms with Gasteiger partial charge in [0.1, 0.15) is 5.82 Å². The molecule has 0 unspecified atom stereocenters. The predicted molar refractivity (Wildman–Crippen MR) is 60.2 cm³/mol. The van der Waals surface area contributed by atoms with Crippen molar-refractivity contribution in [1.82, 2.24) is 0 Å². The van der Waals surface area contributed by atoms with Crippen LogP contribution in [0.1, 0.15) is 31.2 Å². The molecule has 0 bridgehead atoms. The highest BCUT2D eigenvalue weighted by atomic mass is 19.1. The van der Waals surface area contributed by atoms with Crippen molar-refractivity contribution in [2.75, 3.05) is 5.32 Å². The Kier molecular flexibility index (Phi) is 3.21. The first-order chi connectivity index (χ1) is 7.29. The van der Waals surface area contributed by atoms with Gasteiger partial charge in [0.2, 0.25) is 0 Å². The van der Waals surface area contributed by atoms with Gasteiger partial charge in [0.05, 0.1) is 5.69 Å². The van der Waals surface area contributed by atoms with Crippen LogP contribution in [-0.4, -0.2) is 6.04 Å². The third-order valence-corrected chi connectivity index (χ3v) is 2.98. The lowest BCUT2D eigenvalue weighted by Gasteiger charge is -2.14. The highest BCUT2D eigenvalue weighted by molar-refractivity contribution is 5.48. The summed E-state index contributed by atoms with van der Waals surface area (Å²) in [4.78, 5) is 0. The molecular weight excluding hydrogens is 191 g/mol. The van der Waals surface area contributed by atoms with Crippen LogP contribution in [-0.2, 0) is 6.54 Å². The fourth-order valence-electron chi connectivity index (χ4n) is 2.10. The number of halogens is 1. The van der Waals surface area contributed by atoms with E-state index in [9.17, 15) is 4.39 Å². The zero-order valence-corrected chi connectivity index (χ0v) is 8.80. The number of hydrogen-bond donors (Lipinski definition) is 2. The van der Waals surface area contributed by atoms with E-state index in [0.717, 1.165) is 18.4 Å². The van der Waals surface area contributed by atoms with Gasteiger partial charge in [-0.3, -0.25) is 0 Å². The molecule has 3 heteroatoms. The van der Waals surface area contributed by atoms with E-state index in [0.29, 0.717) is 18.3 Å². The van der Waals surface area contributed by atoms with Gasteiger partial charge in [0.25, 0.3) is 0 Å². The summed E-state index contributed by atoms with van der Waals surface area (Å²) in [6.07, 6.45) is 4.78. The summed E-state index contributed by atoms with van der Waals surface area (Å²) < 4.78 is 13.5. The number of anilines is 1.